The van der Waals surface area contributed by atoms with Gasteiger partial charge in [-0.3, -0.25) is 4.79 Å². The Balaban J connectivity index is 1.76. The van der Waals surface area contributed by atoms with Gasteiger partial charge in [-0.05, 0) is 62.1 Å². The number of aliphatic hydroxyl groups excluding tert-OH is 2. The summed E-state index contributed by atoms with van der Waals surface area (Å²) in [6.07, 6.45) is 32.6. The molecule has 1 saturated heterocycles. The van der Waals surface area contributed by atoms with E-state index >= 15 is 0 Å². The van der Waals surface area contributed by atoms with E-state index < -0.39 is 49.1 Å². The molecule has 0 aromatic heterocycles. The molecule has 2 aromatic rings. The van der Waals surface area contributed by atoms with Crippen molar-refractivity contribution in [2.45, 2.75) is 264 Å². The summed E-state index contributed by atoms with van der Waals surface area (Å²) in [5.74, 6) is 0.787. The Kier molecular flexibility index (Phi) is 36.3. The lowest BCUT2D eigenvalue weighted by Crippen LogP contribution is -2.65. The van der Waals surface area contributed by atoms with E-state index in [1.807, 2.05) is 0 Å². The third-order valence-electron chi connectivity index (χ3n) is 14.0. The third-order valence-corrected chi connectivity index (χ3v) is 14.0. The molecular weight excluding hydrogens is 923 g/mol. The van der Waals surface area contributed by atoms with Crippen LogP contribution in [0.1, 0.15) is 254 Å². The van der Waals surface area contributed by atoms with Gasteiger partial charge in [0.05, 0.1) is 38.6 Å². The van der Waals surface area contributed by atoms with E-state index in [0.717, 1.165) is 64.2 Å². The number of ether oxygens (including phenoxy) is 7. The highest BCUT2D eigenvalue weighted by atomic mass is 16.7. The zero-order valence-corrected chi connectivity index (χ0v) is 46.6. The van der Waals surface area contributed by atoms with Gasteiger partial charge in [0.1, 0.15) is 18.2 Å². The van der Waals surface area contributed by atoms with Crippen LogP contribution in [0.3, 0.4) is 0 Å². The summed E-state index contributed by atoms with van der Waals surface area (Å²) in [4.78, 5) is 28.4. The SMILES string of the molecule is CCCCCCCCCCOc1ccc(C(=O)N[C@@H]2[C@@H](OC)O[C@H](CO)[C@@H](O)[C@@H]2OC(=O)c2ccc(OCCCCCCCCCC)c(OCCCCCCCCCC)c2)cc1OCCCCCCCCCC. The molecule has 1 aliphatic heterocycles. The molecule has 1 heterocycles. The van der Waals surface area contributed by atoms with Crippen molar-refractivity contribution in [3.05, 3.63) is 47.5 Å². The van der Waals surface area contributed by atoms with Crippen LogP contribution in [0.2, 0.25) is 0 Å². The Morgan fingerprint density at radius 1 is 0.493 bits per heavy atom. The molecule has 0 saturated carbocycles. The van der Waals surface area contributed by atoms with Crippen LogP contribution in [0, 0.1) is 0 Å². The number of carbonyl (C=O) groups excluding carboxylic acids is 2. The predicted octanol–water partition coefficient (Wildman–Crippen LogP) is 14.8. The molecule has 0 aliphatic carbocycles. The van der Waals surface area contributed by atoms with Crippen molar-refractivity contribution < 1.29 is 53.0 Å². The number of rotatable bonds is 46. The lowest BCUT2D eigenvalue weighted by molar-refractivity contribution is -0.261. The lowest BCUT2D eigenvalue weighted by atomic mass is 9.96. The van der Waals surface area contributed by atoms with Crippen molar-refractivity contribution >= 4 is 11.9 Å². The number of hydrogen-bond donors (Lipinski definition) is 3. The first-order valence-corrected chi connectivity index (χ1v) is 29.6. The molecule has 0 bridgehead atoms. The van der Waals surface area contributed by atoms with Gasteiger partial charge < -0.3 is 48.7 Å². The van der Waals surface area contributed by atoms with E-state index in [1.165, 1.54) is 148 Å². The average molecular weight is 1030 g/mol. The lowest BCUT2D eigenvalue weighted by Gasteiger charge is -2.43. The van der Waals surface area contributed by atoms with E-state index in [4.69, 9.17) is 33.2 Å². The molecule has 1 aliphatic rings. The standard InChI is InChI=1S/C61H103NO11/c1-6-10-14-18-22-26-30-34-42-68-51-40-38-49(46-53(51)70-44-36-32-28-24-20-16-12-8-3)59(65)62-56-58(57(64)55(48-63)72-61(56)67-5)73-60(66)50-39-41-52(69-43-35-31-27-23-19-15-11-7-2)54(47-50)71-45-37-33-29-25-21-17-13-9-4/h38-41,46-47,55-58,61,63-64H,6-37,42-45,48H2,1-5H3,(H,62,65)/t55-,56+,57-,58-,61+/m1/s1. The van der Waals surface area contributed by atoms with Gasteiger partial charge in [0.25, 0.3) is 5.91 Å². The van der Waals surface area contributed by atoms with Crippen LogP contribution >= 0.6 is 0 Å². The van der Waals surface area contributed by atoms with Crippen molar-refractivity contribution in [2.24, 2.45) is 0 Å². The third kappa shape index (κ3) is 26.7. The molecule has 2 aromatic carbocycles. The van der Waals surface area contributed by atoms with Crippen molar-refractivity contribution in [1.82, 2.24) is 5.32 Å². The Labute approximate surface area is 443 Å². The van der Waals surface area contributed by atoms with Gasteiger partial charge in [-0.15, -0.1) is 0 Å². The first-order chi connectivity index (χ1) is 35.8. The van der Waals surface area contributed by atoms with E-state index in [2.05, 4.69) is 33.0 Å². The second kappa shape index (κ2) is 41.6. The number of benzene rings is 2. The van der Waals surface area contributed by atoms with Crippen LogP contribution < -0.4 is 24.3 Å². The molecule has 1 fully saturated rings. The van der Waals surface area contributed by atoms with Crippen LogP contribution in [0.25, 0.3) is 0 Å². The summed E-state index contributed by atoms with van der Waals surface area (Å²) < 4.78 is 42.8. The molecule has 0 radical (unpaired) electrons. The second-order valence-corrected chi connectivity index (χ2v) is 20.4. The highest BCUT2D eigenvalue weighted by Gasteiger charge is 2.48. The van der Waals surface area contributed by atoms with Crippen molar-refractivity contribution in [1.29, 1.82) is 0 Å². The highest BCUT2D eigenvalue weighted by Crippen LogP contribution is 2.33. The van der Waals surface area contributed by atoms with Gasteiger partial charge in [-0.25, -0.2) is 4.79 Å². The number of methoxy groups -OCH3 is 1. The number of esters is 1. The average Bonchev–Trinajstić information content (AvgIpc) is 3.40. The fourth-order valence-electron chi connectivity index (χ4n) is 9.41. The number of hydrogen-bond acceptors (Lipinski definition) is 11. The monoisotopic (exact) mass is 1030 g/mol. The number of unbranched alkanes of at least 4 members (excludes halogenated alkanes) is 28. The van der Waals surface area contributed by atoms with Crippen LogP contribution in [-0.2, 0) is 14.2 Å². The minimum Gasteiger partial charge on any atom is -0.490 e. The van der Waals surface area contributed by atoms with Gasteiger partial charge in [-0.2, -0.15) is 0 Å². The minimum atomic E-state index is -1.50. The second-order valence-electron chi connectivity index (χ2n) is 20.4. The summed E-state index contributed by atoms with van der Waals surface area (Å²) in [6, 6.07) is 8.93. The molecule has 73 heavy (non-hydrogen) atoms. The fourth-order valence-corrected chi connectivity index (χ4v) is 9.41. The van der Waals surface area contributed by atoms with Gasteiger partial charge in [0.2, 0.25) is 0 Å². The molecule has 0 spiro atoms. The molecular formula is C61H103NO11. The molecule has 1 amide bonds. The molecule has 418 valence electrons. The summed E-state index contributed by atoms with van der Waals surface area (Å²) in [5, 5.41) is 24.8. The van der Waals surface area contributed by atoms with Crippen molar-refractivity contribution in [3.8, 4) is 23.0 Å². The van der Waals surface area contributed by atoms with Gasteiger partial charge in [0, 0.05) is 12.7 Å². The van der Waals surface area contributed by atoms with Crippen LogP contribution in [0.5, 0.6) is 23.0 Å². The topological polar surface area (TPSA) is 151 Å². The summed E-state index contributed by atoms with van der Waals surface area (Å²) >= 11 is 0. The maximum Gasteiger partial charge on any atom is 0.338 e. The van der Waals surface area contributed by atoms with E-state index in [-0.39, 0.29) is 11.1 Å². The zero-order valence-electron chi connectivity index (χ0n) is 46.6. The molecule has 3 N–H and O–H groups in total. The molecule has 12 heteroatoms. The quantitative estimate of drug-likeness (QED) is 0.0429. The van der Waals surface area contributed by atoms with Crippen molar-refractivity contribution in [2.75, 3.05) is 40.1 Å². The van der Waals surface area contributed by atoms with Gasteiger partial charge in [0.15, 0.2) is 35.4 Å². The van der Waals surface area contributed by atoms with Crippen LogP contribution in [0.15, 0.2) is 36.4 Å². The zero-order chi connectivity index (χ0) is 52.6. The van der Waals surface area contributed by atoms with E-state index in [1.54, 1.807) is 36.4 Å². The van der Waals surface area contributed by atoms with Gasteiger partial charge >= 0.3 is 5.97 Å². The summed E-state index contributed by atoms with van der Waals surface area (Å²) in [7, 11) is 1.40. The van der Waals surface area contributed by atoms with E-state index in [0.29, 0.717) is 49.4 Å². The van der Waals surface area contributed by atoms with E-state index in [9.17, 15) is 19.8 Å². The summed E-state index contributed by atoms with van der Waals surface area (Å²) in [6.45, 7) is 10.4. The number of amides is 1. The first-order valence-electron chi connectivity index (χ1n) is 29.6. The number of nitrogens with one attached hydrogen (secondary N) is 1. The smallest absolute Gasteiger partial charge is 0.338 e. The first kappa shape index (κ1) is 63.7. The normalized spacial score (nSPS) is 17.6. The Morgan fingerprint density at radius 2 is 0.836 bits per heavy atom. The Hall–Kier alpha value is -3.58. The minimum absolute atomic E-state index is 0.185. The number of carbonyl (C=O) groups is 2. The molecule has 5 atom stereocenters. The molecule has 12 nitrogen and oxygen atoms in total. The fraction of sp³-hybridized carbons (Fsp3) is 0.770. The Bertz CT molecular complexity index is 1690. The summed E-state index contributed by atoms with van der Waals surface area (Å²) in [5.41, 5.74) is 0.467. The van der Waals surface area contributed by atoms with Gasteiger partial charge in [-0.1, -0.05) is 207 Å². The largest absolute Gasteiger partial charge is 0.490 e. The van der Waals surface area contributed by atoms with Crippen LogP contribution in [-0.4, -0.2) is 92.9 Å². The molecule has 0 unspecified atom stereocenters. The van der Waals surface area contributed by atoms with Crippen molar-refractivity contribution in [3.63, 3.8) is 0 Å². The maximum absolute atomic E-state index is 14.2. The Morgan fingerprint density at radius 3 is 1.21 bits per heavy atom. The predicted molar refractivity (Wildman–Crippen MR) is 295 cm³/mol. The number of aliphatic hydroxyl groups is 2. The maximum atomic E-state index is 14.2. The molecule has 3 rings (SSSR count). The van der Waals surface area contributed by atoms with Crippen LogP contribution in [0.4, 0.5) is 0 Å². The highest BCUT2D eigenvalue weighted by molar-refractivity contribution is 5.95.